The van der Waals surface area contributed by atoms with E-state index in [1.807, 2.05) is 0 Å². The summed E-state index contributed by atoms with van der Waals surface area (Å²) in [6.45, 7) is 11.5. The molecular formula is C34H65NO5. The fourth-order valence-electron chi connectivity index (χ4n) is 5.82. The number of ether oxygens (including phenoxy) is 2. The number of aliphatic hydroxyl groups excluding tert-OH is 1. The molecule has 40 heavy (non-hydrogen) atoms. The Morgan fingerprint density at radius 3 is 1.82 bits per heavy atom. The highest BCUT2D eigenvalue weighted by Crippen LogP contribution is 2.31. The Hall–Kier alpha value is -0.980. The van der Waals surface area contributed by atoms with Crippen LogP contribution in [0.4, 0.5) is 0 Å². The van der Waals surface area contributed by atoms with Crippen molar-refractivity contribution in [1.82, 2.24) is 5.32 Å². The number of hydrogen-bond donors (Lipinski definition) is 2. The molecule has 1 aliphatic rings. The molecule has 0 aromatic heterocycles. The van der Waals surface area contributed by atoms with Gasteiger partial charge in [-0.15, -0.1) is 0 Å². The molecule has 1 fully saturated rings. The fraction of sp³-hybridized carbons (Fsp3) is 0.941. The van der Waals surface area contributed by atoms with E-state index >= 15 is 0 Å². The second kappa shape index (κ2) is 23.6. The van der Waals surface area contributed by atoms with E-state index in [0.29, 0.717) is 18.9 Å². The van der Waals surface area contributed by atoms with Crippen LogP contribution in [0.2, 0.25) is 0 Å². The van der Waals surface area contributed by atoms with Gasteiger partial charge in [-0.25, -0.2) is 0 Å². The van der Waals surface area contributed by atoms with Crippen molar-refractivity contribution in [2.75, 3.05) is 6.61 Å². The number of carbonyl (C=O) groups excluding carboxylic acids is 2. The number of carbonyl (C=O) groups is 2. The average molecular weight is 568 g/mol. The Balaban J connectivity index is 2.47. The van der Waals surface area contributed by atoms with Crippen LogP contribution in [-0.4, -0.2) is 47.9 Å². The maximum atomic E-state index is 12.8. The Morgan fingerprint density at radius 1 is 0.800 bits per heavy atom. The SMILES string of the molecule is CCCCCCCCCCCC(=O)CC(=O)N[C@H]1C(O)O[C@H](CC(C)C)[C@@H](C)[C@@H]1OCCCCCCCCCC. The minimum atomic E-state index is -1.14. The van der Waals surface area contributed by atoms with Gasteiger partial charge < -0.3 is 19.9 Å². The number of nitrogens with one attached hydrogen (secondary N) is 1. The maximum absolute atomic E-state index is 12.8. The third-order valence-corrected chi connectivity index (χ3v) is 8.34. The predicted molar refractivity (Wildman–Crippen MR) is 165 cm³/mol. The van der Waals surface area contributed by atoms with Crippen molar-refractivity contribution in [2.24, 2.45) is 11.8 Å². The van der Waals surface area contributed by atoms with Crippen molar-refractivity contribution in [3.8, 4) is 0 Å². The third kappa shape index (κ3) is 17.1. The van der Waals surface area contributed by atoms with Crippen LogP contribution in [0.25, 0.3) is 0 Å². The topological polar surface area (TPSA) is 84.9 Å². The number of amides is 1. The summed E-state index contributed by atoms with van der Waals surface area (Å²) < 4.78 is 12.3. The molecule has 1 unspecified atom stereocenters. The van der Waals surface area contributed by atoms with E-state index in [-0.39, 0.29) is 36.2 Å². The van der Waals surface area contributed by atoms with E-state index < -0.39 is 12.3 Å². The summed E-state index contributed by atoms with van der Waals surface area (Å²) in [5.41, 5.74) is 0. The highest BCUT2D eigenvalue weighted by Gasteiger charge is 2.44. The molecule has 0 aromatic carbocycles. The zero-order valence-electron chi connectivity index (χ0n) is 26.9. The molecule has 0 aromatic rings. The van der Waals surface area contributed by atoms with Gasteiger partial charge in [-0.1, -0.05) is 131 Å². The lowest BCUT2D eigenvalue weighted by molar-refractivity contribution is -0.240. The molecule has 1 heterocycles. The lowest BCUT2D eigenvalue weighted by Crippen LogP contribution is -2.61. The second-order valence-electron chi connectivity index (χ2n) is 12.8. The second-order valence-corrected chi connectivity index (χ2v) is 12.8. The van der Waals surface area contributed by atoms with Gasteiger partial charge >= 0.3 is 0 Å². The minimum Gasteiger partial charge on any atom is -0.375 e. The first-order valence-electron chi connectivity index (χ1n) is 17.1. The molecule has 0 spiro atoms. The molecule has 0 aliphatic carbocycles. The van der Waals surface area contributed by atoms with E-state index in [9.17, 15) is 14.7 Å². The van der Waals surface area contributed by atoms with Crippen molar-refractivity contribution >= 4 is 11.7 Å². The van der Waals surface area contributed by atoms with Crippen LogP contribution in [0.5, 0.6) is 0 Å². The highest BCUT2D eigenvalue weighted by molar-refractivity contribution is 5.98. The fourth-order valence-corrected chi connectivity index (χ4v) is 5.82. The van der Waals surface area contributed by atoms with Crippen molar-refractivity contribution in [3.05, 3.63) is 0 Å². The number of unbranched alkanes of at least 4 members (excludes halogenated alkanes) is 15. The van der Waals surface area contributed by atoms with Crippen LogP contribution in [0.3, 0.4) is 0 Å². The zero-order valence-corrected chi connectivity index (χ0v) is 26.9. The minimum absolute atomic E-state index is 0.0304. The molecular weight excluding hydrogens is 502 g/mol. The van der Waals surface area contributed by atoms with Gasteiger partial charge in [-0.2, -0.15) is 0 Å². The molecule has 6 heteroatoms. The molecule has 1 amide bonds. The lowest BCUT2D eigenvalue weighted by atomic mass is 9.85. The molecule has 0 bridgehead atoms. The van der Waals surface area contributed by atoms with Gasteiger partial charge in [0.15, 0.2) is 6.29 Å². The summed E-state index contributed by atoms with van der Waals surface area (Å²) in [6, 6.07) is -0.666. The average Bonchev–Trinajstić information content (AvgIpc) is 2.90. The summed E-state index contributed by atoms with van der Waals surface area (Å²) in [7, 11) is 0. The summed E-state index contributed by atoms with van der Waals surface area (Å²) in [5, 5.41) is 13.8. The largest absolute Gasteiger partial charge is 0.375 e. The summed E-state index contributed by atoms with van der Waals surface area (Å²) >= 11 is 0. The zero-order chi connectivity index (χ0) is 29.6. The molecule has 5 atom stereocenters. The van der Waals surface area contributed by atoms with Crippen LogP contribution in [0.15, 0.2) is 0 Å². The van der Waals surface area contributed by atoms with Gasteiger partial charge in [0.05, 0.1) is 18.6 Å². The van der Waals surface area contributed by atoms with E-state index in [2.05, 4.69) is 39.9 Å². The van der Waals surface area contributed by atoms with Crippen LogP contribution in [-0.2, 0) is 19.1 Å². The third-order valence-electron chi connectivity index (χ3n) is 8.34. The van der Waals surface area contributed by atoms with Gasteiger partial charge in [0.1, 0.15) is 11.8 Å². The van der Waals surface area contributed by atoms with E-state index in [0.717, 1.165) is 38.5 Å². The number of ketones is 1. The number of Topliss-reactive ketones (excluding diaryl/α,β-unsaturated/α-hetero) is 1. The number of aliphatic hydroxyl groups is 1. The monoisotopic (exact) mass is 567 g/mol. The summed E-state index contributed by atoms with van der Waals surface area (Å²) in [6.07, 6.45) is 20.1. The van der Waals surface area contributed by atoms with Crippen LogP contribution >= 0.6 is 0 Å². The standard InChI is InChI=1S/C34H65NO5/c1-6-8-10-12-14-16-17-19-21-23-29(36)26-31(37)35-32-33(28(5)30(25-27(3)4)40-34(32)38)39-24-22-20-18-15-13-11-9-7-2/h27-28,30,32-34,38H,6-26H2,1-5H3,(H,35,37)/t28-,30-,32-,33+,34?/m1/s1. The van der Waals surface area contributed by atoms with Gasteiger partial charge in [-0.05, 0) is 25.2 Å². The van der Waals surface area contributed by atoms with Crippen molar-refractivity contribution in [2.45, 2.75) is 188 Å². The van der Waals surface area contributed by atoms with Crippen LogP contribution in [0.1, 0.15) is 163 Å². The molecule has 0 radical (unpaired) electrons. The highest BCUT2D eigenvalue weighted by atomic mass is 16.6. The van der Waals surface area contributed by atoms with Crippen molar-refractivity contribution in [3.63, 3.8) is 0 Å². The Kier molecular flexibility index (Phi) is 21.8. The van der Waals surface area contributed by atoms with Gasteiger partial charge in [0.2, 0.25) is 5.91 Å². The lowest BCUT2D eigenvalue weighted by Gasteiger charge is -2.44. The molecule has 1 aliphatic heterocycles. The van der Waals surface area contributed by atoms with Gasteiger partial charge in [-0.3, -0.25) is 9.59 Å². The molecule has 2 N–H and O–H groups in total. The summed E-state index contributed by atoms with van der Waals surface area (Å²) in [5.74, 6) is 0.0817. The molecule has 0 saturated carbocycles. The molecule has 236 valence electrons. The molecule has 1 saturated heterocycles. The Morgan fingerprint density at radius 2 is 1.30 bits per heavy atom. The quantitative estimate of drug-likeness (QED) is 0.0856. The van der Waals surface area contributed by atoms with Crippen molar-refractivity contribution < 1.29 is 24.2 Å². The molecule has 1 rings (SSSR count). The smallest absolute Gasteiger partial charge is 0.227 e. The van der Waals surface area contributed by atoms with Crippen molar-refractivity contribution in [1.29, 1.82) is 0 Å². The summed E-state index contributed by atoms with van der Waals surface area (Å²) in [4.78, 5) is 25.3. The number of hydrogen-bond acceptors (Lipinski definition) is 5. The first-order valence-corrected chi connectivity index (χ1v) is 17.1. The Labute approximate surface area is 247 Å². The predicted octanol–water partition coefficient (Wildman–Crippen LogP) is 8.28. The van der Waals surface area contributed by atoms with E-state index in [1.165, 1.54) is 77.0 Å². The van der Waals surface area contributed by atoms with E-state index in [4.69, 9.17) is 9.47 Å². The Bertz CT molecular complexity index is 640. The van der Waals surface area contributed by atoms with Crippen LogP contribution < -0.4 is 5.32 Å². The number of rotatable bonds is 25. The van der Waals surface area contributed by atoms with Gasteiger partial charge in [0.25, 0.3) is 0 Å². The van der Waals surface area contributed by atoms with Gasteiger partial charge in [0, 0.05) is 18.9 Å². The first-order chi connectivity index (χ1) is 19.3. The van der Waals surface area contributed by atoms with E-state index in [1.54, 1.807) is 0 Å². The first kappa shape index (κ1) is 37.0. The van der Waals surface area contributed by atoms with Crippen LogP contribution in [0, 0.1) is 11.8 Å². The normalized spacial score (nSPS) is 23.0. The maximum Gasteiger partial charge on any atom is 0.227 e. The molecule has 6 nitrogen and oxygen atoms in total.